The van der Waals surface area contributed by atoms with Crippen LogP contribution >= 0.6 is 27.7 Å². The molecule has 5 nitrogen and oxygen atoms in total. The van der Waals surface area contributed by atoms with Crippen LogP contribution in [0.3, 0.4) is 0 Å². The lowest BCUT2D eigenvalue weighted by Gasteiger charge is -2.40. The second-order valence-electron chi connectivity index (χ2n) is 4.35. The summed E-state index contributed by atoms with van der Waals surface area (Å²) in [5.41, 5.74) is 2.01. The first-order chi connectivity index (χ1) is 9.08. The van der Waals surface area contributed by atoms with Crippen molar-refractivity contribution in [2.45, 2.75) is 16.6 Å². The van der Waals surface area contributed by atoms with E-state index < -0.39 is 4.92 Å². The Balaban J connectivity index is 1.73. The highest BCUT2D eigenvalue weighted by Crippen LogP contribution is 2.45. The van der Waals surface area contributed by atoms with Crippen molar-refractivity contribution >= 4 is 39.3 Å². The molecule has 1 unspecified atom stereocenters. The van der Waals surface area contributed by atoms with Crippen LogP contribution < -0.4 is 0 Å². The molecule has 3 rings (SSSR count). The third-order valence-corrected chi connectivity index (χ3v) is 5.58. The molecule has 2 aliphatic heterocycles. The topological polar surface area (TPSA) is 63.4 Å². The molecule has 0 spiro atoms. The van der Waals surface area contributed by atoms with Crippen LogP contribution in [0.1, 0.15) is 5.56 Å². The normalized spacial score (nSPS) is 24.8. The number of rotatable bonds is 3. The number of fused-ring (bicyclic) bond motifs is 1. The van der Waals surface area contributed by atoms with Crippen LogP contribution in [0.4, 0.5) is 5.69 Å². The minimum Gasteiger partial charge on any atom is -0.300 e. The smallest absolute Gasteiger partial charge is 0.269 e. The van der Waals surface area contributed by atoms with E-state index in [0.29, 0.717) is 6.42 Å². The summed E-state index contributed by atoms with van der Waals surface area (Å²) in [7, 11) is 0. The number of non-ortho nitro benzene ring substituents is 1. The maximum Gasteiger partial charge on any atom is 0.269 e. The number of amides is 1. The summed E-state index contributed by atoms with van der Waals surface area (Å²) >= 11 is 4.98. The Morgan fingerprint density at radius 1 is 1.37 bits per heavy atom. The van der Waals surface area contributed by atoms with Gasteiger partial charge in [0.2, 0.25) is 5.91 Å². The van der Waals surface area contributed by atoms with Gasteiger partial charge in [-0.3, -0.25) is 19.8 Å². The molecule has 2 atom stereocenters. The Morgan fingerprint density at radius 3 is 2.68 bits per heavy atom. The molecule has 1 fully saturated rings. The predicted octanol–water partition coefficient (Wildman–Crippen LogP) is 2.66. The van der Waals surface area contributed by atoms with E-state index in [4.69, 9.17) is 0 Å². The molecule has 0 aromatic heterocycles. The van der Waals surface area contributed by atoms with Crippen molar-refractivity contribution < 1.29 is 9.72 Å². The number of hydrogen-bond acceptors (Lipinski definition) is 4. The first kappa shape index (κ1) is 12.7. The molecule has 1 aromatic carbocycles. The Hall–Kier alpha value is -1.34. The van der Waals surface area contributed by atoms with Crippen LogP contribution in [-0.4, -0.2) is 25.9 Å². The molecular formula is C12H9BrN2O3S. The fraction of sp³-hybridized carbons (Fsp3) is 0.250. The van der Waals surface area contributed by atoms with E-state index in [1.807, 2.05) is 5.41 Å². The van der Waals surface area contributed by atoms with Crippen molar-refractivity contribution in [1.82, 2.24) is 4.90 Å². The highest BCUT2D eigenvalue weighted by atomic mass is 79.9. The van der Waals surface area contributed by atoms with Gasteiger partial charge >= 0.3 is 0 Å². The number of carbonyl (C=O) groups is 1. The lowest BCUT2D eigenvalue weighted by atomic mass is 10.1. The van der Waals surface area contributed by atoms with Gasteiger partial charge < -0.3 is 0 Å². The summed E-state index contributed by atoms with van der Waals surface area (Å²) in [6.45, 7) is 0. The first-order valence-corrected chi connectivity index (χ1v) is 7.49. The number of nitro benzene ring substituents is 1. The number of thioether (sulfide) groups is 1. The molecule has 1 amide bonds. The predicted molar refractivity (Wildman–Crippen MR) is 75.8 cm³/mol. The monoisotopic (exact) mass is 340 g/mol. The minimum absolute atomic E-state index is 0.0805. The molecule has 0 radical (unpaired) electrons. The molecule has 19 heavy (non-hydrogen) atoms. The molecule has 0 N–H and O–H groups in total. The van der Waals surface area contributed by atoms with Crippen molar-refractivity contribution in [2.75, 3.05) is 0 Å². The first-order valence-electron chi connectivity index (χ1n) is 5.63. The fourth-order valence-electron chi connectivity index (χ4n) is 2.14. The van der Waals surface area contributed by atoms with Gasteiger partial charge in [0, 0.05) is 24.3 Å². The van der Waals surface area contributed by atoms with E-state index in [-0.39, 0.29) is 21.8 Å². The molecule has 1 aromatic rings. The zero-order valence-electron chi connectivity index (χ0n) is 9.65. The van der Waals surface area contributed by atoms with Crippen molar-refractivity contribution in [2.24, 2.45) is 0 Å². The van der Waals surface area contributed by atoms with Gasteiger partial charge in [-0.1, -0.05) is 28.1 Å². The van der Waals surface area contributed by atoms with Gasteiger partial charge in [0.15, 0.2) is 0 Å². The van der Waals surface area contributed by atoms with Crippen LogP contribution in [-0.2, 0) is 11.2 Å². The zero-order valence-corrected chi connectivity index (χ0v) is 12.1. The van der Waals surface area contributed by atoms with Crippen molar-refractivity contribution in [3.63, 3.8) is 0 Å². The number of nitro groups is 1. The average Bonchev–Trinajstić information content (AvgIpc) is 2.78. The number of halogens is 1. The van der Waals surface area contributed by atoms with E-state index in [1.165, 1.54) is 12.1 Å². The lowest BCUT2D eigenvalue weighted by molar-refractivity contribution is -0.384. The molecule has 2 heterocycles. The van der Waals surface area contributed by atoms with Crippen LogP contribution in [0.5, 0.6) is 0 Å². The van der Waals surface area contributed by atoms with Crippen molar-refractivity contribution in [3.8, 4) is 0 Å². The number of nitrogens with zero attached hydrogens (tertiary/aromatic N) is 2. The molecule has 0 saturated carbocycles. The van der Waals surface area contributed by atoms with Crippen LogP contribution in [0, 0.1) is 10.1 Å². The summed E-state index contributed by atoms with van der Waals surface area (Å²) in [5, 5.41) is 12.7. The summed E-state index contributed by atoms with van der Waals surface area (Å²) in [5.74, 6) is 0.0863. The third-order valence-electron chi connectivity index (χ3n) is 3.16. The quantitative estimate of drug-likeness (QED) is 0.367. The summed E-state index contributed by atoms with van der Waals surface area (Å²) in [6, 6.07) is 6.43. The van der Waals surface area contributed by atoms with Gasteiger partial charge in [-0.05, 0) is 11.0 Å². The zero-order chi connectivity index (χ0) is 13.6. The molecule has 2 aliphatic rings. The Labute approximate surface area is 121 Å². The average molecular weight is 341 g/mol. The van der Waals surface area contributed by atoms with Crippen LogP contribution in [0.15, 0.2) is 35.4 Å². The van der Waals surface area contributed by atoms with Crippen molar-refractivity contribution in [3.05, 3.63) is 51.0 Å². The highest BCUT2D eigenvalue weighted by molar-refractivity contribution is 9.10. The molecule has 1 saturated heterocycles. The van der Waals surface area contributed by atoms with E-state index in [0.717, 1.165) is 11.3 Å². The second kappa shape index (κ2) is 4.64. The maximum absolute atomic E-state index is 11.7. The number of alkyl halides is 1. The lowest BCUT2D eigenvalue weighted by Crippen LogP contribution is -2.57. The summed E-state index contributed by atoms with van der Waals surface area (Å²) in [6.07, 6.45) is 0.618. The van der Waals surface area contributed by atoms with E-state index >= 15 is 0 Å². The molecule has 7 heteroatoms. The SMILES string of the molecule is O=C1C(Br)[C@H]2SC=C(Cc3ccc([N+](=O)[O-])cc3)N12. The van der Waals surface area contributed by atoms with Crippen molar-refractivity contribution in [1.29, 1.82) is 0 Å². The molecule has 0 bridgehead atoms. The Kier molecular flexibility index (Phi) is 3.10. The largest absolute Gasteiger partial charge is 0.300 e. The van der Waals surface area contributed by atoms with Gasteiger partial charge in [0.25, 0.3) is 5.69 Å². The summed E-state index contributed by atoms with van der Waals surface area (Å²) < 4.78 is 0. The number of benzene rings is 1. The second-order valence-corrected chi connectivity index (χ2v) is 6.32. The summed E-state index contributed by atoms with van der Waals surface area (Å²) in [4.78, 5) is 23.6. The van der Waals surface area contributed by atoms with Crippen LogP contribution in [0.2, 0.25) is 0 Å². The van der Waals surface area contributed by atoms with E-state index in [1.54, 1.807) is 28.8 Å². The molecule has 98 valence electrons. The minimum atomic E-state index is -0.418. The number of β-lactam (4-membered cyclic amide) rings is 1. The molecule has 0 aliphatic carbocycles. The Bertz CT molecular complexity index is 587. The van der Waals surface area contributed by atoms with Crippen LogP contribution in [0.25, 0.3) is 0 Å². The maximum atomic E-state index is 11.7. The van der Waals surface area contributed by atoms with Gasteiger partial charge in [0.1, 0.15) is 10.2 Å². The number of hydrogen-bond donors (Lipinski definition) is 0. The third kappa shape index (κ3) is 2.06. The highest BCUT2D eigenvalue weighted by Gasteiger charge is 2.50. The van der Waals surface area contributed by atoms with Gasteiger partial charge in [-0.2, -0.15) is 0 Å². The fourth-order valence-corrected chi connectivity index (χ4v) is 4.08. The van der Waals surface area contributed by atoms with E-state index in [9.17, 15) is 14.9 Å². The van der Waals surface area contributed by atoms with Gasteiger partial charge in [-0.25, -0.2) is 0 Å². The van der Waals surface area contributed by atoms with Gasteiger partial charge in [-0.15, -0.1) is 11.8 Å². The molecular weight excluding hydrogens is 332 g/mol. The Morgan fingerprint density at radius 2 is 2.05 bits per heavy atom. The van der Waals surface area contributed by atoms with Gasteiger partial charge in [0.05, 0.1) is 4.92 Å². The number of carbonyl (C=O) groups excluding carboxylic acids is 1. The number of allylic oxidation sites excluding steroid dienone is 1. The van der Waals surface area contributed by atoms with E-state index in [2.05, 4.69) is 15.9 Å². The standard InChI is InChI=1S/C12H9BrN2O3S/c13-10-11(16)14-9(6-19-12(10)14)5-7-1-3-8(4-2-7)15(17)18/h1-4,6,10,12H,5H2/t10?,12-/m1/s1.